The van der Waals surface area contributed by atoms with Gasteiger partial charge in [-0.3, -0.25) is 0 Å². The van der Waals surface area contributed by atoms with Gasteiger partial charge in [-0.2, -0.15) is 0 Å². The second kappa shape index (κ2) is 1.74. The van der Waals surface area contributed by atoms with Crippen molar-refractivity contribution in [2.45, 2.75) is 0 Å². The Kier molecular flexibility index (Phi) is 1.25. The highest BCUT2D eigenvalue weighted by molar-refractivity contribution is 8.13. The molecule has 0 unspecified atom stereocenters. The van der Waals surface area contributed by atoms with E-state index in [1.165, 1.54) is 24.1 Å². The van der Waals surface area contributed by atoms with E-state index >= 15 is 0 Å². The highest BCUT2D eigenvalue weighted by atomic mass is 32.2. The smallest absolute Gasteiger partial charge is 0.0373 e. The fourth-order valence-electron chi connectivity index (χ4n) is 0.113. The minimum absolute atomic E-state index is 1.36. The van der Waals surface area contributed by atoms with E-state index in [0.29, 0.717) is 0 Å². The average molecular weight is 106 g/mol. The molecule has 0 aromatic heterocycles. The van der Waals surface area contributed by atoms with Crippen molar-refractivity contribution >= 4 is 24.1 Å². The van der Waals surface area contributed by atoms with Crippen molar-refractivity contribution in [2.24, 2.45) is 0 Å². The van der Waals surface area contributed by atoms with Crippen molar-refractivity contribution in [1.82, 2.24) is 0 Å². The van der Waals surface area contributed by atoms with Crippen molar-refractivity contribution in [2.75, 3.05) is 0 Å². The maximum Gasteiger partial charge on any atom is 0.0373 e. The first-order valence-electron chi connectivity index (χ1n) is 1.14. The Hall–Kier alpha value is 0.400. The summed E-state index contributed by atoms with van der Waals surface area (Å²) in [6.07, 6.45) is 0. The van der Waals surface area contributed by atoms with Crippen LogP contribution in [0.4, 0.5) is 0 Å². The van der Waals surface area contributed by atoms with Gasteiger partial charge < -0.3 is 0 Å². The zero-order chi connectivity index (χ0) is 3.54. The van der Waals surface area contributed by atoms with Gasteiger partial charge in [0, 0.05) is 34.9 Å². The summed E-state index contributed by atoms with van der Waals surface area (Å²) in [5, 5.41) is 3.79. The Morgan fingerprint density at radius 3 is 2.00 bits per heavy atom. The molecule has 0 spiro atoms. The van der Waals surface area contributed by atoms with Crippen LogP contribution in [0, 0.1) is 0 Å². The zero-order valence-electron chi connectivity index (χ0n) is 2.38. The summed E-state index contributed by atoms with van der Waals surface area (Å²) in [7, 11) is 0. The van der Waals surface area contributed by atoms with E-state index in [1.807, 2.05) is 10.8 Å². The van der Waals surface area contributed by atoms with Crippen LogP contribution in [-0.2, 0) is 3.63 Å². The van der Waals surface area contributed by atoms with Crippen molar-refractivity contribution in [1.29, 1.82) is 0 Å². The quantitative estimate of drug-likeness (QED) is 0.436. The molecule has 1 rings (SSSR count). The standard InChI is InChI=1S/C2H2OS2/c1-2-5-3-4-1/h1-2H. The molecular weight excluding hydrogens is 104 g/mol. The lowest BCUT2D eigenvalue weighted by molar-refractivity contribution is 0.779. The molecule has 0 fully saturated rings. The van der Waals surface area contributed by atoms with Crippen LogP contribution < -0.4 is 0 Å². The molecule has 0 N–H and O–H groups in total. The normalized spacial score (nSPS) is 20.8. The van der Waals surface area contributed by atoms with Crippen molar-refractivity contribution in [3.63, 3.8) is 0 Å². The summed E-state index contributed by atoms with van der Waals surface area (Å²) < 4.78 is 4.67. The second-order valence-electron chi connectivity index (χ2n) is 0.533. The minimum atomic E-state index is 1.36. The Balaban J connectivity index is 2.32. The van der Waals surface area contributed by atoms with Gasteiger partial charge in [-0.1, -0.05) is 0 Å². The van der Waals surface area contributed by atoms with Gasteiger partial charge >= 0.3 is 0 Å². The molecule has 0 amide bonds. The molecule has 0 aromatic rings. The van der Waals surface area contributed by atoms with Gasteiger partial charge in [0.05, 0.1) is 0 Å². The molecule has 1 aliphatic rings. The van der Waals surface area contributed by atoms with Crippen LogP contribution in [0.2, 0.25) is 0 Å². The van der Waals surface area contributed by atoms with E-state index < -0.39 is 0 Å². The van der Waals surface area contributed by atoms with Crippen LogP contribution in [-0.4, -0.2) is 0 Å². The second-order valence-corrected chi connectivity index (χ2v) is 2.01. The number of hydrogen-bond donors (Lipinski definition) is 0. The molecule has 1 heterocycles. The summed E-state index contributed by atoms with van der Waals surface area (Å²) in [6, 6.07) is 0. The number of hydrogen-bond acceptors (Lipinski definition) is 3. The molecule has 0 aromatic carbocycles. The molecule has 1 nitrogen and oxygen atoms in total. The Labute approximate surface area is 39.2 Å². The summed E-state index contributed by atoms with van der Waals surface area (Å²) in [5.74, 6) is 0. The molecule has 0 radical (unpaired) electrons. The molecule has 0 saturated carbocycles. The van der Waals surface area contributed by atoms with Crippen molar-refractivity contribution in [3.05, 3.63) is 10.8 Å². The zero-order valence-corrected chi connectivity index (χ0v) is 4.01. The van der Waals surface area contributed by atoms with E-state index in [0.717, 1.165) is 0 Å². The van der Waals surface area contributed by atoms with E-state index in [1.54, 1.807) is 0 Å². The largest absolute Gasteiger partial charge is 0.238 e. The van der Waals surface area contributed by atoms with Gasteiger partial charge in [0.2, 0.25) is 0 Å². The first-order chi connectivity index (χ1) is 2.50. The molecule has 0 atom stereocenters. The van der Waals surface area contributed by atoms with Crippen molar-refractivity contribution in [3.8, 4) is 0 Å². The molecule has 1 aliphatic heterocycles. The molecule has 0 bridgehead atoms. The molecule has 5 heavy (non-hydrogen) atoms. The van der Waals surface area contributed by atoms with E-state index in [2.05, 4.69) is 3.63 Å². The van der Waals surface area contributed by atoms with Gasteiger partial charge in [0.25, 0.3) is 0 Å². The highest BCUT2D eigenvalue weighted by Crippen LogP contribution is 2.24. The van der Waals surface area contributed by atoms with Crippen LogP contribution in [0.3, 0.4) is 0 Å². The third-order valence-electron chi connectivity index (χ3n) is 0.245. The van der Waals surface area contributed by atoms with Gasteiger partial charge in [0.1, 0.15) is 0 Å². The maximum absolute atomic E-state index is 4.67. The molecule has 28 valence electrons. The molecule has 0 saturated heterocycles. The van der Waals surface area contributed by atoms with Gasteiger partial charge in [0.15, 0.2) is 0 Å². The molecule has 3 heteroatoms. The van der Waals surface area contributed by atoms with E-state index in [4.69, 9.17) is 0 Å². The Morgan fingerprint density at radius 2 is 1.80 bits per heavy atom. The Morgan fingerprint density at radius 1 is 1.20 bits per heavy atom. The lowest BCUT2D eigenvalue weighted by Crippen LogP contribution is -1.36. The average Bonchev–Trinajstić information content (AvgIpc) is 1.76. The maximum atomic E-state index is 4.67. The molecular formula is C2H2OS2. The summed E-state index contributed by atoms with van der Waals surface area (Å²) in [4.78, 5) is 0. The van der Waals surface area contributed by atoms with Gasteiger partial charge in [-0.15, -0.1) is 0 Å². The Bertz CT molecular complexity index is 45.6. The third kappa shape index (κ3) is 0.869. The lowest BCUT2D eigenvalue weighted by Gasteiger charge is -1.72. The monoisotopic (exact) mass is 106 g/mol. The van der Waals surface area contributed by atoms with Crippen LogP contribution >= 0.6 is 24.1 Å². The third-order valence-corrected chi connectivity index (χ3v) is 1.54. The van der Waals surface area contributed by atoms with Crippen LogP contribution in [0.1, 0.15) is 0 Å². The minimum Gasteiger partial charge on any atom is -0.238 e. The predicted molar refractivity (Wildman–Crippen MR) is 25.4 cm³/mol. The fraction of sp³-hybridized carbons (Fsp3) is 0. The van der Waals surface area contributed by atoms with Crippen LogP contribution in [0.15, 0.2) is 10.8 Å². The lowest BCUT2D eigenvalue weighted by atomic mass is 11.3. The van der Waals surface area contributed by atoms with E-state index in [9.17, 15) is 0 Å². The summed E-state index contributed by atoms with van der Waals surface area (Å²) in [6.45, 7) is 0. The predicted octanol–water partition coefficient (Wildman–Crippen LogP) is 1.78. The first-order valence-corrected chi connectivity index (χ1v) is 2.75. The van der Waals surface area contributed by atoms with Crippen molar-refractivity contribution < 1.29 is 3.63 Å². The van der Waals surface area contributed by atoms with Crippen LogP contribution in [0.25, 0.3) is 0 Å². The fourth-order valence-corrected chi connectivity index (χ4v) is 1.02. The summed E-state index contributed by atoms with van der Waals surface area (Å²) in [5.41, 5.74) is 0. The van der Waals surface area contributed by atoms with Crippen LogP contribution in [0.5, 0.6) is 0 Å². The number of rotatable bonds is 0. The molecule has 0 aliphatic carbocycles. The topological polar surface area (TPSA) is 9.23 Å². The summed E-state index contributed by atoms with van der Waals surface area (Å²) >= 11 is 2.71. The van der Waals surface area contributed by atoms with Gasteiger partial charge in [-0.05, 0) is 0 Å². The SMILES string of the molecule is C1=CSOS1. The first kappa shape index (κ1) is 3.59. The van der Waals surface area contributed by atoms with Gasteiger partial charge in [-0.25, -0.2) is 3.63 Å². The highest BCUT2D eigenvalue weighted by Gasteiger charge is 1.86. The van der Waals surface area contributed by atoms with E-state index in [-0.39, 0.29) is 0 Å².